The zero-order chi connectivity index (χ0) is 14.8. The molecule has 0 spiro atoms. The van der Waals surface area contributed by atoms with E-state index >= 15 is 0 Å². The highest BCUT2D eigenvalue weighted by atomic mass is 15.3. The first kappa shape index (κ1) is 15.4. The van der Waals surface area contributed by atoms with Crippen LogP contribution >= 0.6 is 0 Å². The molecule has 5 nitrogen and oxygen atoms in total. The minimum absolute atomic E-state index is 0.116. The number of rotatable bonds is 3. The number of nitrogens with zero attached hydrogens (tertiary/aromatic N) is 4. The molecule has 1 saturated heterocycles. The number of hydrogen-bond donors (Lipinski definition) is 1. The summed E-state index contributed by atoms with van der Waals surface area (Å²) in [5.74, 6) is 0.929. The maximum atomic E-state index is 4.57. The van der Waals surface area contributed by atoms with E-state index in [0.717, 1.165) is 37.6 Å². The minimum atomic E-state index is 0.116. The second kappa shape index (κ2) is 6.16. The molecule has 1 aromatic rings. The van der Waals surface area contributed by atoms with E-state index in [4.69, 9.17) is 0 Å². The van der Waals surface area contributed by atoms with Crippen LogP contribution in [0.2, 0.25) is 0 Å². The Morgan fingerprint density at radius 1 is 1.20 bits per heavy atom. The molecule has 1 N–H and O–H groups in total. The molecule has 0 aromatic carbocycles. The number of aromatic nitrogens is 2. The normalized spacial score (nSPS) is 22.1. The van der Waals surface area contributed by atoms with Gasteiger partial charge in [0.05, 0.1) is 6.04 Å². The van der Waals surface area contributed by atoms with Gasteiger partial charge in [0.1, 0.15) is 5.82 Å². The summed E-state index contributed by atoms with van der Waals surface area (Å²) in [6.45, 7) is 10.5. The van der Waals surface area contributed by atoms with Crippen LogP contribution in [0.25, 0.3) is 0 Å². The van der Waals surface area contributed by atoms with Gasteiger partial charge in [-0.25, -0.2) is 9.97 Å². The smallest absolute Gasteiger partial charge is 0.146 e. The van der Waals surface area contributed by atoms with Gasteiger partial charge < -0.3 is 10.2 Å². The third-order valence-corrected chi connectivity index (χ3v) is 3.70. The summed E-state index contributed by atoms with van der Waals surface area (Å²) >= 11 is 0. The number of likely N-dealkylation sites (N-methyl/N-ethyl adjacent to an activating group) is 2. The Hall–Kier alpha value is -1.04. The molecule has 2 heterocycles. The largest absolute Gasteiger partial charge is 0.308 e. The van der Waals surface area contributed by atoms with E-state index in [2.05, 4.69) is 60.0 Å². The Morgan fingerprint density at radius 2 is 1.85 bits per heavy atom. The van der Waals surface area contributed by atoms with E-state index in [-0.39, 0.29) is 5.54 Å². The van der Waals surface area contributed by atoms with Gasteiger partial charge in [0.15, 0.2) is 0 Å². The molecule has 1 fully saturated rings. The van der Waals surface area contributed by atoms with Crippen LogP contribution in [0, 0.1) is 0 Å². The quantitative estimate of drug-likeness (QED) is 0.902. The number of nitrogens with one attached hydrogen (secondary N) is 1. The molecule has 0 radical (unpaired) electrons. The minimum Gasteiger partial charge on any atom is -0.308 e. The van der Waals surface area contributed by atoms with Crippen LogP contribution in [0.1, 0.15) is 38.2 Å². The number of piperazine rings is 1. The summed E-state index contributed by atoms with van der Waals surface area (Å²) in [5, 5.41) is 3.45. The summed E-state index contributed by atoms with van der Waals surface area (Å²) in [4.78, 5) is 13.8. The van der Waals surface area contributed by atoms with Crippen LogP contribution in [-0.2, 0) is 6.54 Å². The van der Waals surface area contributed by atoms with Crippen molar-refractivity contribution in [2.45, 2.75) is 38.9 Å². The van der Waals surface area contributed by atoms with Gasteiger partial charge in [0, 0.05) is 49.7 Å². The van der Waals surface area contributed by atoms with Crippen molar-refractivity contribution in [2.75, 3.05) is 33.7 Å². The third-order valence-electron chi connectivity index (χ3n) is 3.70. The van der Waals surface area contributed by atoms with E-state index in [0.29, 0.717) is 6.04 Å². The van der Waals surface area contributed by atoms with E-state index in [1.165, 1.54) is 0 Å². The Balaban J connectivity index is 2.00. The molecule has 0 saturated carbocycles. The van der Waals surface area contributed by atoms with Crippen molar-refractivity contribution in [3.8, 4) is 0 Å². The molecule has 112 valence electrons. The molecule has 0 bridgehead atoms. The molecule has 1 aromatic heterocycles. The molecule has 2 rings (SSSR count). The zero-order valence-corrected chi connectivity index (χ0v) is 13.3. The van der Waals surface area contributed by atoms with Crippen molar-refractivity contribution in [2.24, 2.45) is 0 Å². The average Bonchev–Trinajstić information content (AvgIpc) is 2.39. The standard InChI is InChI=1S/C15H27N5/c1-15(2,3)18-10-12-8-16-14(17-9-12)13-11-19(4)6-7-20(13)5/h8-9,13,18H,6-7,10-11H2,1-5H3. The van der Waals surface area contributed by atoms with Crippen molar-refractivity contribution in [1.29, 1.82) is 0 Å². The molecular weight excluding hydrogens is 250 g/mol. The maximum Gasteiger partial charge on any atom is 0.146 e. The molecule has 1 aliphatic rings. The fraction of sp³-hybridized carbons (Fsp3) is 0.733. The Morgan fingerprint density at radius 3 is 2.45 bits per heavy atom. The first-order chi connectivity index (χ1) is 9.35. The lowest BCUT2D eigenvalue weighted by atomic mass is 10.1. The molecule has 5 heteroatoms. The van der Waals surface area contributed by atoms with Gasteiger partial charge in [-0.15, -0.1) is 0 Å². The highest BCUT2D eigenvalue weighted by molar-refractivity contribution is 5.08. The first-order valence-corrected chi connectivity index (χ1v) is 7.30. The third kappa shape index (κ3) is 4.23. The Kier molecular flexibility index (Phi) is 4.73. The lowest BCUT2D eigenvalue weighted by Gasteiger charge is -2.36. The summed E-state index contributed by atoms with van der Waals surface area (Å²) in [5.41, 5.74) is 1.25. The molecule has 1 aliphatic heterocycles. The predicted octanol–water partition coefficient (Wildman–Crippen LogP) is 1.28. The molecular formula is C15H27N5. The van der Waals surface area contributed by atoms with Gasteiger partial charge in [-0.1, -0.05) is 0 Å². The van der Waals surface area contributed by atoms with E-state index in [1.54, 1.807) is 0 Å². The summed E-state index contributed by atoms with van der Waals surface area (Å²) in [7, 11) is 4.30. The highest BCUT2D eigenvalue weighted by Gasteiger charge is 2.25. The summed E-state index contributed by atoms with van der Waals surface area (Å²) in [6, 6.07) is 0.304. The molecule has 1 atom stereocenters. The topological polar surface area (TPSA) is 44.3 Å². The Bertz CT molecular complexity index is 423. The summed E-state index contributed by atoms with van der Waals surface area (Å²) in [6.07, 6.45) is 3.90. The Labute approximate surface area is 122 Å². The highest BCUT2D eigenvalue weighted by Crippen LogP contribution is 2.19. The number of hydrogen-bond acceptors (Lipinski definition) is 5. The van der Waals surface area contributed by atoms with Gasteiger partial charge in [-0.3, -0.25) is 4.90 Å². The molecule has 0 amide bonds. The molecule has 0 aliphatic carbocycles. The second-order valence-corrected chi connectivity index (χ2v) is 6.81. The van der Waals surface area contributed by atoms with Crippen LogP contribution in [0.3, 0.4) is 0 Å². The van der Waals surface area contributed by atoms with Crippen LogP contribution in [0.5, 0.6) is 0 Å². The van der Waals surface area contributed by atoms with E-state index < -0.39 is 0 Å². The van der Waals surface area contributed by atoms with Crippen molar-refractivity contribution in [3.05, 3.63) is 23.8 Å². The first-order valence-electron chi connectivity index (χ1n) is 7.30. The fourth-order valence-corrected chi connectivity index (χ4v) is 2.28. The van der Waals surface area contributed by atoms with Gasteiger partial charge in [-0.2, -0.15) is 0 Å². The second-order valence-electron chi connectivity index (χ2n) is 6.81. The van der Waals surface area contributed by atoms with E-state index in [9.17, 15) is 0 Å². The summed E-state index contributed by atoms with van der Waals surface area (Å²) < 4.78 is 0. The SMILES string of the molecule is CN1CCN(C)C(c2ncc(CNC(C)(C)C)cn2)C1. The maximum absolute atomic E-state index is 4.57. The van der Waals surface area contributed by atoms with Crippen molar-refractivity contribution >= 4 is 0 Å². The van der Waals surface area contributed by atoms with Gasteiger partial charge in [0.2, 0.25) is 0 Å². The van der Waals surface area contributed by atoms with Gasteiger partial charge in [-0.05, 0) is 34.9 Å². The predicted molar refractivity (Wildman–Crippen MR) is 81.5 cm³/mol. The molecule has 20 heavy (non-hydrogen) atoms. The monoisotopic (exact) mass is 277 g/mol. The van der Waals surface area contributed by atoms with Gasteiger partial charge in [0.25, 0.3) is 0 Å². The fourth-order valence-electron chi connectivity index (χ4n) is 2.28. The lowest BCUT2D eigenvalue weighted by Crippen LogP contribution is -2.45. The van der Waals surface area contributed by atoms with Crippen molar-refractivity contribution < 1.29 is 0 Å². The van der Waals surface area contributed by atoms with Crippen molar-refractivity contribution in [1.82, 2.24) is 25.1 Å². The van der Waals surface area contributed by atoms with Gasteiger partial charge >= 0.3 is 0 Å². The van der Waals surface area contributed by atoms with Crippen LogP contribution < -0.4 is 5.32 Å². The average molecular weight is 277 g/mol. The van der Waals surface area contributed by atoms with Crippen LogP contribution in [0.15, 0.2) is 12.4 Å². The molecule has 1 unspecified atom stereocenters. The lowest BCUT2D eigenvalue weighted by molar-refractivity contribution is 0.109. The van der Waals surface area contributed by atoms with E-state index in [1.807, 2.05) is 12.4 Å². The zero-order valence-electron chi connectivity index (χ0n) is 13.3. The van der Waals surface area contributed by atoms with Crippen LogP contribution in [-0.4, -0.2) is 59.0 Å². The van der Waals surface area contributed by atoms with Crippen molar-refractivity contribution in [3.63, 3.8) is 0 Å². The van der Waals surface area contributed by atoms with Crippen LogP contribution in [0.4, 0.5) is 0 Å².